The molecule has 0 saturated heterocycles. The van der Waals surface area contributed by atoms with Crippen molar-refractivity contribution < 1.29 is 9.90 Å². The summed E-state index contributed by atoms with van der Waals surface area (Å²) in [5, 5.41) is 13.1. The van der Waals surface area contributed by atoms with E-state index in [4.69, 9.17) is 0 Å². The predicted molar refractivity (Wildman–Crippen MR) is 86.4 cm³/mol. The number of aliphatic hydroxyl groups excluding tert-OH is 1. The highest BCUT2D eigenvalue weighted by molar-refractivity contribution is 9.10. The van der Waals surface area contributed by atoms with Crippen molar-refractivity contribution in [2.75, 3.05) is 11.9 Å². The smallest absolute Gasteiger partial charge is 0.249 e. The highest BCUT2D eigenvalue weighted by Crippen LogP contribution is 2.24. The van der Waals surface area contributed by atoms with Gasteiger partial charge in [0.15, 0.2) is 0 Å². The molecule has 0 unspecified atom stereocenters. The molecule has 1 aromatic carbocycles. The third-order valence-corrected chi connectivity index (χ3v) is 3.93. The molecule has 0 radical (unpaired) electrons. The molecule has 0 aliphatic heterocycles. The number of amides is 1. The third-order valence-electron chi connectivity index (χ3n) is 3.29. The first-order chi connectivity index (χ1) is 10.7. The Morgan fingerprint density at radius 1 is 1.45 bits per heavy atom. The Morgan fingerprint density at radius 3 is 3.05 bits per heavy atom. The Bertz CT molecular complexity index is 804. The summed E-state index contributed by atoms with van der Waals surface area (Å²) in [6.45, 7) is -0.311. The monoisotopic (exact) mass is 360 g/mol. The first-order valence-corrected chi connectivity index (χ1v) is 7.42. The van der Waals surface area contributed by atoms with E-state index in [1.807, 2.05) is 24.3 Å². The number of hydrogen-bond donors (Lipinski definition) is 2. The summed E-state index contributed by atoms with van der Waals surface area (Å²) in [4.78, 5) is 20.5. The fourth-order valence-electron chi connectivity index (χ4n) is 2.18. The lowest BCUT2D eigenvalue weighted by molar-refractivity contribution is -0.120. The van der Waals surface area contributed by atoms with Crippen molar-refractivity contribution in [3.63, 3.8) is 0 Å². The van der Waals surface area contributed by atoms with E-state index in [1.165, 1.54) is 6.33 Å². The number of para-hydroxylation sites is 1. The second-order valence-corrected chi connectivity index (χ2v) is 5.59. The van der Waals surface area contributed by atoms with Crippen molar-refractivity contribution in [1.29, 1.82) is 0 Å². The topological polar surface area (TPSA) is 80.0 Å². The lowest BCUT2D eigenvalue weighted by Crippen LogP contribution is -2.28. The van der Waals surface area contributed by atoms with E-state index in [0.717, 1.165) is 15.4 Å². The molecule has 0 saturated carbocycles. The standard InChI is InChI=1S/C15H13BrN4O2/c16-12-3-1-2-10-6-11(7-18-14(10)12)19-15(22)13(8-21)20-5-4-17-9-20/h1-7,9,13,21H,8H2,(H,19,22)/t13-/m0/s1. The molecule has 1 atom stereocenters. The fourth-order valence-corrected chi connectivity index (χ4v) is 2.67. The molecular formula is C15H13BrN4O2. The number of carbonyl (C=O) groups is 1. The van der Waals surface area contributed by atoms with Gasteiger partial charge >= 0.3 is 0 Å². The number of benzene rings is 1. The summed E-state index contributed by atoms with van der Waals surface area (Å²) in [6.07, 6.45) is 6.28. The Balaban J connectivity index is 1.84. The molecule has 1 amide bonds. The number of nitrogens with zero attached hydrogens (tertiary/aromatic N) is 3. The van der Waals surface area contributed by atoms with Gasteiger partial charge in [-0.05, 0) is 28.1 Å². The lowest BCUT2D eigenvalue weighted by Gasteiger charge is -2.15. The van der Waals surface area contributed by atoms with E-state index in [9.17, 15) is 9.90 Å². The maximum absolute atomic E-state index is 12.3. The molecule has 2 heterocycles. The van der Waals surface area contributed by atoms with Crippen LogP contribution in [0.5, 0.6) is 0 Å². The number of hydrogen-bond acceptors (Lipinski definition) is 4. The number of fused-ring (bicyclic) bond motifs is 1. The zero-order valence-corrected chi connectivity index (χ0v) is 13.1. The van der Waals surface area contributed by atoms with Crippen LogP contribution in [-0.4, -0.2) is 32.2 Å². The average Bonchev–Trinajstić information content (AvgIpc) is 3.02. The molecule has 0 aliphatic carbocycles. The summed E-state index contributed by atoms with van der Waals surface area (Å²) in [5.74, 6) is -0.323. The van der Waals surface area contributed by atoms with Gasteiger partial charge < -0.3 is 15.0 Å². The third kappa shape index (κ3) is 2.86. The van der Waals surface area contributed by atoms with Crippen molar-refractivity contribution >= 4 is 38.4 Å². The van der Waals surface area contributed by atoms with Crippen LogP contribution in [-0.2, 0) is 4.79 Å². The van der Waals surface area contributed by atoms with Crippen LogP contribution >= 0.6 is 15.9 Å². The van der Waals surface area contributed by atoms with Crippen LogP contribution in [0.3, 0.4) is 0 Å². The van der Waals surface area contributed by atoms with Crippen LogP contribution in [0.1, 0.15) is 6.04 Å². The van der Waals surface area contributed by atoms with Gasteiger partial charge in [0.05, 0.1) is 30.3 Å². The first kappa shape index (κ1) is 14.7. The molecule has 6 nitrogen and oxygen atoms in total. The number of carbonyl (C=O) groups excluding carboxylic acids is 1. The van der Waals surface area contributed by atoms with E-state index in [1.54, 1.807) is 23.2 Å². The minimum absolute atomic E-state index is 0.311. The molecule has 2 N–H and O–H groups in total. The summed E-state index contributed by atoms with van der Waals surface area (Å²) >= 11 is 3.44. The van der Waals surface area contributed by atoms with Gasteiger partial charge in [-0.1, -0.05) is 12.1 Å². The van der Waals surface area contributed by atoms with E-state index < -0.39 is 6.04 Å². The quantitative estimate of drug-likeness (QED) is 0.748. The minimum atomic E-state index is -0.722. The second-order valence-electron chi connectivity index (χ2n) is 4.73. The first-order valence-electron chi connectivity index (χ1n) is 6.62. The molecule has 2 aromatic heterocycles. The predicted octanol–water partition coefficient (Wildman–Crippen LogP) is 2.37. The van der Waals surface area contributed by atoms with Gasteiger partial charge in [0.25, 0.3) is 0 Å². The number of aliphatic hydroxyl groups is 1. The van der Waals surface area contributed by atoms with Crippen LogP contribution < -0.4 is 5.32 Å². The van der Waals surface area contributed by atoms with Crippen molar-refractivity contribution in [3.05, 3.63) is 53.7 Å². The van der Waals surface area contributed by atoms with E-state index >= 15 is 0 Å². The summed E-state index contributed by atoms with van der Waals surface area (Å²) < 4.78 is 2.45. The van der Waals surface area contributed by atoms with Crippen molar-refractivity contribution in [1.82, 2.24) is 14.5 Å². The maximum atomic E-state index is 12.3. The van der Waals surface area contributed by atoms with Crippen molar-refractivity contribution in [3.8, 4) is 0 Å². The van der Waals surface area contributed by atoms with E-state index in [2.05, 4.69) is 31.2 Å². The largest absolute Gasteiger partial charge is 0.394 e. The van der Waals surface area contributed by atoms with Crippen LogP contribution in [0.4, 0.5) is 5.69 Å². The zero-order valence-electron chi connectivity index (χ0n) is 11.5. The highest BCUT2D eigenvalue weighted by Gasteiger charge is 2.19. The normalized spacial score (nSPS) is 12.3. The van der Waals surface area contributed by atoms with Gasteiger partial charge in [0.1, 0.15) is 6.04 Å². The zero-order chi connectivity index (χ0) is 15.5. The molecular weight excluding hydrogens is 348 g/mol. The average molecular weight is 361 g/mol. The number of nitrogens with one attached hydrogen (secondary N) is 1. The number of pyridine rings is 1. The molecule has 0 fully saturated rings. The summed E-state index contributed by atoms with van der Waals surface area (Å²) in [7, 11) is 0. The molecule has 3 rings (SSSR count). The van der Waals surface area contributed by atoms with Crippen LogP contribution in [0.2, 0.25) is 0 Å². The van der Waals surface area contributed by atoms with Crippen LogP contribution in [0, 0.1) is 0 Å². The number of halogens is 1. The molecule has 112 valence electrons. The fraction of sp³-hybridized carbons (Fsp3) is 0.133. The van der Waals surface area contributed by atoms with Crippen LogP contribution in [0.25, 0.3) is 10.9 Å². The number of rotatable bonds is 4. The highest BCUT2D eigenvalue weighted by atomic mass is 79.9. The van der Waals surface area contributed by atoms with Crippen LogP contribution in [0.15, 0.2) is 53.7 Å². The number of aromatic nitrogens is 3. The van der Waals surface area contributed by atoms with Gasteiger partial charge in [-0.15, -0.1) is 0 Å². The van der Waals surface area contributed by atoms with Gasteiger partial charge in [0.2, 0.25) is 5.91 Å². The molecule has 3 aromatic rings. The van der Waals surface area contributed by atoms with E-state index in [0.29, 0.717) is 5.69 Å². The van der Waals surface area contributed by atoms with Gasteiger partial charge in [-0.25, -0.2) is 4.98 Å². The minimum Gasteiger partial charge on any atom is -0.394 e. The number of anilines is 1. The van der Waals surface area contributed by atoms with Gasteiger partial charge in [-0.2, -0.15) is 0 Å². The molecule has 0 spiro atoms. The van der Waals surface area contributed by atoms with Crippen molar-refractivity contribution in [2.24, 2.45) is 0 Å². The molecule has 0 aliphatic rings. The number of imidazole rings is 1. The summed E-state index contributed by atoms with van der Waals surface area (Å²) in [6, 6.07) is 6.85. The molecule has 0 bridgehead atoms. The maximum Gasteiger partial charge on any atom is 0.249 e. The Morgan fingerprint density at radius 2 is 2.32 bits per heavy atom. The second kappa shape index (κ2) is 6.25. The van der Waals surface area contributed by atoms with Crippen molar-refractivity contribution in [2.45, 2.75) is 6.04 Å². The van der Waals surface area contributed by atoms with Gasteiger partial charge in [-0.3, -0.25) is 9.78 Å². The summed E-state index contributed by atoms with van der Waals surface area (Å²) in [5.41, 5.74) is 1.41. The SMILES string of the molecule is O=C(Nc1cnc2c(Br)cccc2c1)[C@H](CO)n1ccnc1. The Kier molecular flexibility index (Phi) is 4.17. The molecule has 7 heteroatoms. The Hall–Kier alpha value is -2.25. The van der Waals surface area contributed by atoms with Gasteiger partial charge in [0, 0.05) is 22.3 Å². The Labute approximate surface area is 134 Å². The lowest BCUT2D eigenvalue weighted by atomic mass is 10.2. The molecule has 22 heavy (non-hydrogen) atoms. The van der Waals surface area contributed by atoms with E-state index in [-0.39, 0.29) is 12.5 Å².